The Bertz CT molecular complexity index is 2110. The molecule has 2 heterocycles. The van der Waals surface area contributed by atoms with Crippen LogP contribution in [-0.4, -0.2) is 17.1 Å². The number of halogens is 3. The van der Waals surface area contributed by atoms with Crippen molar-refractivity contribution in [2.75, 3.05) is 6.61 Å². The highest BCUT2D eigenvalue weighted by Crippen LogP contribution is 2.35. The Hall–Kier alpha value is -2.81. The number of thiazole rings is 1. The van der Waals surface area contributed by atoms with Crippen molar-refractivity contribution in [2.45, 2.75) is 26.5 Å². The summed E-state index contributed by atoms with van der Waals surface area (Å²) >= 11 is 9.33. The Balaban J connectivity index is 1.44. The summed E-state index contributed by atoms with van der Waals surface area (Å²) in [6.45, 7) is 4.25. The van der Waals surface area contributed by atoms with E-state index in [1.54, 1.807) is 18.4 Å². The molecule has 10 heteroatoms. The van der Waals surface area contributed by atoms with Gasteiger partial charge in [0.05, 0.1) is 35.6 Å². The number of nitrogens with zero attached hydrogens (tertiary/aromatic N) is 2. The molecular formula is C34H25BrI2N2O4S. The first-order chi connectivity index (χ1) is 21.2. The topological polar surface area (TPSA) is 69.9 Å². The summed E-state index contributed by atoms with van der Waals surface area (Å²) in [5.74, 6) is 0.335. The van der Waals surface area contributed by atoms with Crippen molar-refractivity contribution in [3.63, 3.8) is 0 Å². The second kappa shape index (κ2) is 13.3. The van der Waals surface area contributed by atoms with Gasteiger partial charge < -0.3 is 9.47 Å². The van der Waals surface area contributed by atoms with Crippen LogP contribution >= 0.6 is 72.4 Å². The molecule has 0 radical (unpaired) electrons. The van der Waals surface area contributed by atoms with Gasteiger partial charge in [-0.25, -0.2) is 9.79 Å². The van der Waals surface area contributed by atoms with E-state index in [1.807, 2.05) is 84.9 Å². The maximum Gasteiger partial charge on any atom is 0.338 e. The Labute approximate surface area is 293 Å². The fraction of sp³-hybridized carbons (Fsp3) is 0.147. The fourth-order valence-electron chi connectivity index (χ4n) is 5.26. The van der Waals surface area contributed by atoms with E-state index in [9.17, 15) is 9.59 Å². The number of carbonyl (C=O) groups excluding carboxylic acids is 1. The van der Waals surface area contributed by atoms with Gasteiger partial charge in [-0.05, 0) is 117 Å². The minimum absolute atomic E-state index is 0.207. The number of rotatable bonds is 7. The largest absolute Gasteiger partial charge is 0.487 e. The zero-order valence-electron chi connectivity index (χ0n) is 23.6. The number of ether oxygens (including phenoxy) is 2. The van der Waals surface area contributed by atoms with Gasteiger partial charge in [-0.15, -0.1) is 0 Å². The number of allylic oxidation sites excluding steroid dienone is 1. The molecule has 0 spiro atoms. The lowest BCUT2D eigenvalue weighted by molar-refractivity contribution is -0.139. The summed E-state index contributed by atoms with van der Waals surface area (Å²) in [6.07, 6.45) is 1.89. The van der Waals surface area contributed by atoms with E-state index in [0.29, 0.717) is 27.2 Å². The average Bonchev–Trinajstić information content (AvgIpc) is 3.30. The van der Waals surface area contributed by atoms with Gasteiger partial charge >= 0.3 is 5.97 Å². The molecule has 0 unspecified atom stereocenters. The zero-order chi connectivity index (χ0) is 31.0. The van der Waals surface area contributed by atoms with Crippen molar-refractivity contribution < 1.29 is 14.3 Å². The fourth-order valence-corrected chi connectivity index (χ4v) is 8.70. The van der Waals surface area contributed by atoms with E-state index in [1.165, 1.54) is 11.3 Å². The number of aromatic nitrogens is 1. The van der Waals surface area contributed by atoms with Crippen LogP contribution < -0.4 is 19.6 Å². The van der Waals surface area contributed by atoms with Gasteiger partial charge in [0.15, 0.2) is 4.80 Å². The standard InChI is InChI=1S/C34H25BrI2N2O4S/c1-3-42-33(41)29-19(2)38-34-39(30(29)25-10-6-8-22-7-4-5-9-24(22)25)32(40)28(44-34)17-21-15-26(36)31(27(37)16-21)43-18-20-11-13-23(35)14-12-20/h4-17,30H,3,18H2,1-2H3/b28-17+/t30-/m0/s1. The molecule has 0 aliphatic carbocycles. The van der Waals surface area contributed by atoms with Gasteiger partial charge in [-0.2, -0.15) is 0 Å². The molecule has 4 aromatic carbocycles. The van der Waals surface area contributed by atoms with Crippen molar-refractivity contribution in [1.29, 1.82) is 0 Å². The molecular weight excluding hydrogens is 866 g/mol. The monoisotopic (exact) mass is 890 g/mol. The highest BCUT2D eigenvalue weighted by molar-refractivity contribution is 14.1. The minimum Gasteiger partial charge on any atom is -0.487 e. The molecule has 1 aliphatic heterocycles. The molecule has 1 aromatic heterocycles. The lowest BCUT2D eigenvalue weighted by Gasteiger charge is -2.25. The maximum atomic E-state index is 14.2. The predicted octanol–water partition coefficient (Wildman–Crippen LogP) is 7.50. The second-order valence-corrected chi connectivity index (χ2v) is 14.3. The molecule has 0 N–H and O–H groups in total. The third-order valence-corrected chi connectivity index (χ3v) is 10.4. The molecule has 6 rings (SSSR count). The Morgan fingerprint density at radius 2 is 1.75 bits per heavy atom. The third-order valence-electron chi connectivity index (χ3n) is 7.25. The van der Waals surface area contributed by atoms with Crippen LogP contribution in [0.15, 0.2) is 104 Å². The quantitative estimate of drug-likeness (QED) is 0.126. The number of fused-ring (bicyclic) bond motifs is 2. The van der Waals surface area contributed by atoms with E-state index in [-0.39, 0.29) is 12.2 Å². The van der Waals surface area contributed by atoms with Crippen LogP contribution in [0.2, 0.25) is 0 Å². The molecule has 0 saturated carbocycles. The summed E-state index contributed by atoms with van der Waals surface area (Å²) in [5, 5.41) is 1.99. The van der Waals surface area contributed by atoms with Crippen molar-refractivity contribution in [3.05, 3.63) is 138 Å². The van der Waals surface area contributed by atoms with E-state index in [2.05, 4.69) is 61.1 Å². The lowest BCUT2D eigenvalue weighted by Crippen LogP contribution is -2.40. The molecule has 44 heavy (non-hydrogen) atoms. The van der Waals surface area contributed by atoms with Crippen molar-refractivity contribution >= 4 is 95.3 Å². The molecule has 0 bridgehead atoms. The summed E-state index contributed by atoms with van der Waals surface area (Å²) < 4.78 is 16.7. The van der Waals surface area contributed by atoms with Crippen LogP contribution in [0.3, 0.4) is 0 Å². The van der Waals surface area contributed by atoms with Gasteiger partial charge in [0, 0.05) is 4.47 Å². The first kappa shape index (κ1) is 31.2. The van der Waals surface area contributed by atoms with Gasteiger partial charge in [0.2, 0.25) is 0 Å². The van der Waals surface area contributed by atoms with Crippen LogP contribution in [0.5, 0.6) is 5.75 Å². The van der Waals surface area contributed by atoms with Crippen molar-refractivity contribution in [3.8, 4) is 5.75 Å². The Morgan fingerprint density at radius 3 is 2.48 bits per heavy atom. The number of benzene rings is 4. The SMILES string of the molecule is CCOC(=O)C1=C(C)N=c2s/c(=C/c3cc(I)c(OCc4ccc(Br)cc4)c(I)c3)c(=O)n2[C@H]1c1cccc2ccccc12. The third kappa shape index (κ3) is 6.18. The van der Waals surface area contributed by atoms with E-state index >= 15 is 0 Å². The van der Waals surface area contributed by atoms with E-state index < -0.39 is 12.0 Å². The van der Waals surface area contributed by atoms with Crippen LogP contribution in [0.25, 0.3) is 16.8 Å². The molecule has 0 amide bonds. The second-order valence-electron chi connectivity index (χ2n) is 10.1. The van der Waals surface area contributed by atoms with Gasteiger partial charge in [-0.1, -0.05) is 81.9 Å². The summed E-state index contributed by atoms with van der Waals surface area (Å²) in [5.41, 5.74) is 3.52. The van der Waals surface area contributed by atoms with E-state index in [0.717, 1.165) is 44.8 Å². The molecule has 222 valence electrons. The zero-order valence-corrected chi connectivity index (χ0v) is 30.4. The molecule has 0 saturated heterocycles. The van der Waals surface area contributed by atoms with Crippen LogP contribution in [0.1, 0.15) is 36.6 Å². The molecule has 6 nitrogen and oxygen atoms in total. The first-order valence-electron chi connectivity index (χ1n) is 13.8. The van der Waals surface area contributed by atoms with Gasteiger partial charge in [0.25, 0.3) is 5.56 Å². The summed E-state index contributed by atoms with van der Waals surface area (Å²) in [4.78, 5) is 32.8. The highest BCUT2D eigenvalue weighted by Gasteiger charge is 2.34. The Morgan fingerprint density at radius 1 is 1.05 bits per heavy atom. The van der Waals surface area contributed by atoms with Crippen molar-refractivity contribution in [1.82, 2.24) is 4.57 Å². The van der Waals surface area contributed by atoms with Crippen LogP contribution in [0, 0.1) is 7.14 Å². The maximum absolute atomic E-state index is 14.2. The van der Waals surface area contributed by atoms with E-state index in [4.69, 9.17) is 14.5 Å². The van der Waals surface area contributed by atoms with Crippen molar-refractivity contribution in [2.24, 2.45) is 4.99 Å². The molecule has 0 fully saturated rings. The predicted molar refractivity (Wildman–Crippen MR) is 195 cm³/mol. The first-order valence-corrected chi connectivity index (χ1v) is 17.6. The van der Waals surface area contributed by atoms with Crippen LogP contribution in [0.4, 0.5) is 0 Å². The number of hydrogen-bond acceptors (Lipinski definition) is 6. The minimum atomic E-state index is -0.673. The van der Waals surface area contributed by atoms with Crippen LogP contribution in [-0.2, 0) is 16.1 Å². The molecule has 1 atom stereocenters. The average molecular weight is 891 g/mol. The normalized spacial score (nSPS) is 14.8. The summed E-state index contributed by atoms with van der Waals surface area (Å²) in [6, 6.07) is 25.3. The van der Waals surface area contributed by atoms with Gasteiger partial charge in [0.1, 0.15) is 12.4 Å². The number of carbonyl (C=O) groups is 1. The lowest BCUT2D eigenvalue weighted by atomic mass is 9.91. The highest BCUT2D eigenvalue weighted by atomic mass is 127. The van der Waals surface area contributed by atoms with Gasteiger partial charge in [-0.3, -0.25) is 9.36 Å². The molecule has 5 aromatic rings. The number of hydrogen-bond donors (Lipinski definition) is 0. The number of esters is 1. The Kier molecular flexibility index (Phi) is 9.41. The molecule has 1 aliphatic rings. The summed E-state index contributed by atoms with van der Waals surface area (Å²) in [7, 11) is 0. The smallest absolute Gasteiger partial charge is 0.338 e.